The first-order chi connectivity index (χ1) is 10.4. The Balaban J connectivity index is 0.00000484. The van der Waals surface area contributed by atoms with E-state index in [-0.39, 0.29) is 24.0 Å². The molecule has 0 radical (unpaired) electrons. The third-order valence-corrected chi connectivity index (χ3v) is 4.71. The summed E-state index contributed by atoms with van der Waals surface area (Å²) in [7, 11) is -3.12. The van der Waals surface area contributed by atoms with Crippen LogP contribution in [-0.2, 0) is 10.0 Å². The summed E-state index contributed by atoms with van der Waals surface area (Å²) < 4.78 is 24.4. The summed E-state index contributed by atoms with van der Waals surface area (Å²) in [4.78, 5) is 4.58. The smallest absolute Gasteiger partial charge is 0.208 e. The van der Waals surface area contributed by atoms with Gasteiger partial charge >= 0.3 is 0 Å². The second-order valence-electron chi connectivity index (χ2n) is 6.28. The molecule has 0 heterocycles. The molecule has 0 aliphatic heterocycles. The van der Waals surface area contributed by atoms with E-state index in [0.717, 1.165) is 43.6 Å². The predicted octanol–water partition coefficient (Wildman–Crippen LogP) is 1.93. The van der Waals surface area contributed by atoms with Crippen molar-refractivity contribution in [3.63, 3.8) is 0 Å². The van der Waals surface area contributed by atoms with Crippen LogP contribution < -0.4 is 15.4 Å². The maximum absolute atomic E-state index is 11.0. The molecule has 1 saturated carbocycles. The van der Waals surface area contributed by atoms with Crippen LogP contribution in [0.4, 0.5) is 0 Å². The molecule has 3 N–H and O–H groups in total. The molecular formula is C15H33IN4O2S. The van der Waals surface area contributed by atoms with E-state index in [1.165, 1.54) is 25.7 Å². The summed E-state index contributed by atoms with van der Waals surface area (Å²) >= 11 is 0. The van der Waals surface area contributed by atoms with E-state index in [4.69, 9.17) is 0 Å². The first-order valence-corrected chi connectivity index (χ1v) is 10.3. The minimum Gasteiger partial charge on any atom is -0.357 e. The Morgan fingerprint density at radius 1 is 1.22 bits per heavy atom. The van der Waals surface area contributed by atoms with E-state index >= 15 is 0 Å². The van der Waals surface area contributed by atoms with Crippen molar-refractivity contribution in [3.8, 4) is 0 Å². The van der Waals surface area contributed by atoms with Crippen LogP contribution in [0.1, 0.15) is 46.0 Å². The van der Waals surface area contributed by atoms with Gasteiger partial charge in [-0.05, 0) is 31.6 Å². The van der Waals surface area contributed by atoms with Gasteiger partial charge in [-0.15, -0.1) is 24.0 Å². The van der Waals surface area contributed by atoms with E-state index in [1.54, 1.807) is 0 Å². The van der Waals surface area contributed by atoms with Crippen molar-refractivity contribution >= 4 is 40.0 Å². The Morgan fingerprint density at radius 3 is 2.57 bits per heavy atom. The van der Waals surface area contributed by atoms with Gasteiger partial charge in [0.15, 0.2) is 5.96 Å². The highest BCUT2D eigenvalue weighted by molar-refractivity contribution is 14.0. The molecule has 1 fully saturated rings. The highest BCUT2D eigenvalue weighted by Crippen LogP contribution is 2.30. The van der Waals surface area contributed by atoms with Gasteiger partial charge in [0.1, 0.15) is 0 Å². The van der Waals surface area contributed by atoms with Gasteiger partial charge in [-0.2, -0.15) is 0 Å². The first kappa shape index (κ1) is 22.9. The molecule has 0 amide bonds. The molecule has 0 aromatic rings. The van der Waals surface area contributed by atoms with Crippen molar-refractivity contribution in [1.29, 1.82) is 0 Å². The number of halogens is 1. The Bertz CT molecular complexity index is 443. The van der Waals surface area contributed by atoms with E-state index in [0.29, 0.717) is 13.1 Å². The van der Waals surface area contributed by atoms with Gasteiger partial charge in [0.05, 0.1) is 6.26 Å². The van der Waals surface area contributed by atoms with Crippen molar-refractivity contribution in [2.75, 3.05) is 32.4 Å². The van der Waals surface area contributed by atoms with Gasteiger partial charge < -0.3 is 10.6 Å². The largest absolute Gasteiger partial charge is 0.357 e. The number of rotatable bonds is 8. The highest BCUT2D eigenvalue weighted by atomic mass is 127. The summed E-state index contributed by atoms with van der Waals surface area (Å²) in [5, 5.41) is 6.34. The minimum atomic E-state index is -3.12. The standard InChI is InChI=1S/C15H32N4O2S.HI/c1-4-16-15(18-10-11-19-22(3,20)21)17-9-8-14-7-5-6-13(2)12-14;/h13-14,19H,4-12H2,1-3H3,(H2,16,17,18);1H. The zero-order valence-corrected chi connectivity index (χ0v) is 17.7. The van der Waals surface area contributed by atoms with E-state index in [2.05, 4.69) is 27.3 Å². The number of hydrogen-bond donors (Lipinski definition) is 3. The molecule has 2 atom stereocenters. The number of hydrogen-bond acceptors (Lipinski definition) is 3. The average molecular weight is 460 g/mol. The molecule has 1 aliphatic rings. The molecule has 138 valence electrons. The summed E-state index contributed by atoms with van der Waals surface area (Å²) in [5.41, 5.74) is 0. The average Bonchev–Trinajstić information content (AvgIpc) is 2.42. The SMILES string of the molecule is CCNC(=NCCC1CCCC(C)C1)NCCNS(C)(=O)=O.I. The summed E-state index contributed by atoms with van der Waals surface area (Å²) in [6.07, 6.45) is 7.70. The third-order valence-electron chi connectivity index (χ3n) is 3.98. The lowest BCUT2D eigenvalue weighted by molar-refractivity contribution is 0.272. The van der Waals surface area contributed by atoms with Crippen LogP contribution in [0, 0.1) is 11.8 Å². The molecule has 1 aliphatic carbocycles. The van der Waals surface area contributed by atoms with Gasteiger partial charge in [-0.1, -0.05) is 26.2 Å². The molecule has 0 saturated heterocycles. The van der Waals surface area contributed by atoms with Crippen LogP contribution in [0.25, 0.3) is 0 Å². The molecule has 23 heavy (non-hydrogen) atoms. The van der Waals surface area contributed by atoms with Crippen LogP contribution in [0.3, 0.4) is 0 Å². The van der Waals surface area contributed by atoms with Crippen molar-refractivity contribution in [2.24, 2.45) is 16.8 Å². The minimum absolute atomic E-state index is 0. The van der Waals surface area contributed by atoms with Crippen molar-refractivity contribution in [2.45, 2.75) is 46.0 Å². The fourth-order valence-corrected chi connectivity index (χ4v) is 3.41. The lowest BCUT2D eigenvalue weighted by Crippen LogP contribution is -2.41. The van der Waals surface area contributed by atoms with E-state index in [1.807, 2.05) is 6.92 Å². The molecule has 6 nitrogen and oxygen atoms in total. The maximum Gasteiger partial charge on any atom is 0.208 e. The number of nitrogens with zero attached hydrogens (tertiary/aromatic N) is 1. The van der Waals surface area contributed by atoms with Gasteiger partial charge in [0.2, 0.25) is 10.0 Å². The Kier molecular flexibility index (Phi) is 12.2. The monoisotopic (exact) mass is 460 g/mol. The normalized spacial score (nSPS) is 22.3. The molecular weight excluding hydrogens is 427 g/mol. The van der Waals surface area contributed by atoms with Crippen LogP contribution >= 0.6 is 24.0 Å². The quantitative estimate of drug-likeness (QED) is 0.224. The Morgan fingerprint density at radius 2 is 1.96 bits per heavy atom. The zero-order chi connectivity index (χ0) is 16.4. The molecule has 0 bridgehead atoms. The number of nitrogens with one attached hydrogen (secondary N) is 3. The molecule has 1 rings (SSSR count). The number of aliphatic imine (C=N–C) groups is 1. The predicted molar refractivity (Wildman–Crippen MR) is 108 cm³/mol. The number of guanidine groups is 1. The second-order valence-corrected chi connectivity index (χ2v) is 8.11. The second kappa shape index (κ2) is 12.3. The topological polar surface area (TPSA) is 82.6 Å². The molecule has 0 spiro atoms. The summed E-state index contributed by atoms with van der Waals surface area (Å²) in [6.45, 7) is 6.88. The van der Waals surface area contributed by atoms with Crippen molar-refractivity contribution in [1.82, 2.24) is 15.4 Å². The third kappa shape index (κ3) is 12.0. The molecule has 8 heteroatoms. The Hall–Kier alpha value is -0.0900. The fraction of sp³-hybridized carbons (Fsp3) is 0.933. The van der Waals surface area contributed by atoms with Crippen LogP contribution in [0.15, 0.2) is 4.99 Å². The molecule has 2 unspecified atom stereocenters. The highest BCUT2D eigenvalue weighted by Gasteiger charge is 2.18. The van der Waals surface area contributed by atoms with Gasteiger partial charge in [-0.3, -0.25) is 4.99 Å². The fourth-order valence-electron chi connectivity index (χ4n) is 2.94. The van der Waals surface area contributed by atoms with Crippen LogP contribution in [-0.4, -0.2) is 46.8 Å². The van der Waals surface area contributed by atoms with E-state index in [9.17, 15) is 8.42 Å². The summed E-state index contributed by atoms with van der Waals surface area (Å²) in [5.74, 6) is 2.43. The molecule has 0 aromatic carbocycles. The van der Waals surface area contributed by atoms with Gasteiger partial charge in [-0.25, -0.2) is 13.1 Å². The van der Waals surface area contributed by atoms with E-state index < -0.39 is 10.0 Å². The molecule has 0 aromatic heterocycles. The lowest BCUT2D eigenvalue weighted by Gasteiger charge is -2.26. The maximum atomic E-state index is 11.0. The van der Waals surface area contributed by atoms with Crippen molar-refractivity contribution < 1.29 is 8.42 Å². The lowest BCUT2D eigenvalue weighted by atomic mass is 9.81. The Labute approximate surface area is 158 Å². The van der Waals surface area contributed by atoms with Gasteiger partial charge in [0, 0.05) is 26.2 Å². The van der Waals surface area contributed by atoms with Crippen molar-refractivity contribution in [3.05, 3.63) is 0 Å². The number of sulfonamides is 1. The van der Waals surface area contributed by atoms with Crippen LogP contribution in [0.2, 0.25) is 0 Å². The van der Waals surface area contributed by atoms with Gasteiger partial charge in [0.25, 0.3) is 0 Å². The first-order valence-electron chi connectivity index (χ1n) is 8.37. The zero-order valence-electron chi connectivity index (χ0n) is 14.6. The van der Waals surface area contributed by atoms with Crippen LogP contribution in [0.5, 0.6) is 0 Å². The summed E-state index contributed by atoms with van der Waals surface area (Å²) in [6, 6.07) is 0.